The molecule has 0 aliphatic rings. The van der Waals surface area contributed by atoms with Crippen LogP contribution in [-0.2, 0) is 4.79 Å². The monoisotopic (exact) mass is 236 g/mol. The van der Waals surface area contributed by atoms with Gasteiger partial charge in [0.05, 0.1) is 0 Å². The molecular weight excluding hydrogens is 220 g/mol. The number of hydrogen-bond donors (Lipinski definition) is 3. The maximum Gasteiger partial charge on any atom is 0.303 e. The normalized spacial score (nSPS) is 11.8. The number of aliphatic carboxylic acids is 1. The largest absolute Gasteiger partial charge is 0.481 e. The van der Waals surface area contributed by atoms with Crippen LogP contribution in [0.3, 0.4) is 0 Å². The first-order valence-corrected chi connectivity index (χ1v) is 5.37. The van der Waals surface area contributed by atoms with Crippen molar-refractivity contribution < 1.29 is 14.7 Å². The fourth-order valence-electron chi connectivity index (χ4n) is 1.35. The van der Waals surface area contributed by atoms with Crippen LogP contribution in [-0.4, -0.2) is 23.0 Å². The first-order valence-electron chi connectivity index (χ1n) is 5.37. The molecule has 1 aromatic carbocycles. The summed E-state index contributed by atoms with van der Waals surface area (Å²) in [4.78, 5) is 22.1. The standard InChI is InChI=1S/C12H16N2O3/c1-8(2-7-11(15)16)14-12(17)9-3-5-10(13)6-4-9/h3-6,8H,2,7,13H2,1H3,(H,14,17)(H,15,16). The van der Waals surface area contributed by atoms with Crippen molar-refractivity contribution in [3.05, 3.63) is 29.8 Å². The second-order valence-electron chi connectivity index (χ2n) is 3.93. The molecule has 17 heavy (non-hydrogen) atoms. The molecule has 1 rings (SSSR count). The van der Waals surface area contributed by atoms with Crippen molar-refractivity contribution in [1.29, 1.82) is 0 Å². The first-order chi connectivity index (χ1) is 7.99. The van der Waals surface area contributed by atoms with Crippen LogP contribution in [0.2, 0.25) is 0 Å². The molecule has 0 fully saturated rings. The Balaban J connectivity index is 2.48. The lowest BCUT2D eigenvalue weighted by atomic mass is 10.1. The molecule has 5 nitrogen and oxygen atoms in total. The fourth-order valence-corrected chi connectivity index (χ4v) is 1.35. The van der Waals surface area contributed by atoms with E-state index in [0.717, 1.165) is 0 Å². The summed E-state index contributed by atoms with van der Waals surface area (Å²) in [5, 5.41) is 11.2. The maximum absolute atomic E-state index is 11.7. The Morgan fingerprint density at radius 3 is 2.47 bits per heavy atom. The number of hydrogen-bond acceptors (Lipinski definition) is 3. The van der Waals surface area contributed by atoms with Gasteiger partial charge in [0.25, 0.3) is 5.91 Å². The quantitative estimate of drug-likeness (QED) is 0.671. The zero-order valence-corrected chi connectivity index (χ0v) is 9.64. The van der Waals surface area contributed by atoms with Crippen molar-refractivity contribution in [1.82, 2.24) is 5.32 Å². The number of carbonyl (C=O) groups is 2. The summed E-state index contributed by atoms with van der Waals surface area (Å²) in [5.74, 6) is -1.08. The highest BCUT2D eigenvalue weighted by molar-refractivity contribution is 5.94. The molecule has 1 atom stereocenters. The van der Waals surface area contributed by atoms with Gasteiger partial charge >= 0.3 is 5.97 Å². The van der Waals surface area contributed by atoms with Crippen molar-refractivity contribution in [2.45, 2.75) is 25.8 Å². The van der Waals surface area contributed by atoms with E-state index in [9.17, 15) is 9.59 Å². The van der Waals surface area contributed by atoms with Crippen LogP contribution < -0.4 is 11.1 Å². The molecule has 5 heteroatoms. The van der Waals surface area contributed by atoms with E-state index in [1.165, 1.54) is 0 Å². The van der Waals surface area contributed by atoms with Crippen molar-refractivity contribution in [2.24, 2.45) is 0 Å². The fraction of sp³-hybridized carbons (Fsp3) is 0.333. The predicted octanol–water partition coefficient (Wildman–Crippen LogP) is 1.25. The average molecular weight is 236 g/mol. The molecule has 0 saturated carbocycles. The number of amides is 1. The number of carboxylic acids is 1. The Bertz CT molecular complexity index is 401. The highest BCUT2D eigenvalue weighted by atomic mass is 16.4. The van der Waals surface area contributed by atoms with Crippen LogP contribution in [0, 0.1) is 0 Å². The SMILES string of the molecule is CC(CCC(=O)O)NC(=O)c1ccc(N)cc1. The van der Waals surface area contributed by atoms with Gasteiger partial charge in [-0.15, -0.1) is 0 Å². The van der Waals surface area contributed by atoms with Crippen LogP contribution >= 0.6 is 0 Å². The number of benzene rings is 1. The molecule has 4 N–H and O–H groups in total. The summed E-state index contributed by atoms with van der Waals surface area (Å²) in [5.41, 5.74) is 6.62. The lowest BCUT2D eigenvalue weighted by Crippen LogP contribution is -2.32. The van der Waals surface area contributed by atoms with E-state index in [1.54, 1.807) is 31.2 Å². The molecule has 92 valence electrons. The smallest absolute Gasteiger partial charge is 0.303 e. The zero-order valence-electron chi connectivity index (χ0n) is 9.64. The summed E-state index contributed by atoms with van der Waals surface area (Å²) in [7, 11) is 0. The van der Waals surface area contributed by atoms with E-state index in [2.05, 4.69) is 5.32 Å². The van der Waals surface area contributed by atoms with E-state index < -0.39 is 5.97 Å². The van der Waals surface area contributed by atoms with E-state index in [4.69, 9.17) is 10.8 Å². The molecule has 0 saturated heterocycles. The van der Waals surface area contributed by atoms with Crippen LogP contribution in [0.25, 0.3) is 0 Å². The van der Waals surface area contributed by atoms with Crippen molar-refractivity contribution in [3.8, 4) is 0 Å². The molecule has 1 aromatic rings. The Morgan fingerprint density at radius 1 is 1.35 bits per heavy atom. The summed E-state index contributed by atoms with van der Waals surface area (Å²) in [6, 6.07) is 6.40. The summed E-state index contributed by atoms with van der Waals surface area (Å²) in [6.45, 7) is 1.78. The average Bonchev–Trinajstić information content (AvgIpc) is 2.27. The van der Waals surface area contributed by atoms with E-state index in [-0.39, 0.29) is 18.4 Å². The van der Waals surface area contributed by atoms with Crippen LogP contribution in [0.1, 0.15) is 30.1 Å². The molecular formula is C12H16N2O3. The van der Waals surface area contributed by atoms with Crippen LogP contribution in [0.5, 0.6) is 0 Å². The molecule has 1 unspecified atom stereocenters. The number of anilines is 1. The Hall–Kier alpha value is -2.04. The third kappa shape index (κ3) is 4.55. The van der Waals surface area contributed by atoms with Gasteiger partial charge in [-0.3, -0.25) is 9.59 Å². The first kappa shape index (κ1) is 13.0. The van der Waals surface area contributed by atoms with Gasteiger partial charge in [0.1, 0.15) is 0 Å². The molecule has 0 aliphatic heterocycles. The number of rotatable bonds is 5. The molecule has 0 heterocycles. The molecule has 0 bridgehead atoms. The highest BCUT2D eigenvalue weighted by Gasteiger charge is 2.10. The van der Waals surface area contributed by atoms with Crippen LogP contribution in [0.15, 0.2) is 24.3 Å². The minimum atomic E-state index is -0.862. The summed E-state index contributed by atoms with van der Waals surface area (Å²) >= 11 is 0. The van der Waals surface area contributed by atoms with E-state index in [1.807, 2.05) is 0 Å². The van der Waals surface area contributed by atoms with Gasteiger partial charge in [-0.1, -0.05) is 0 Å². The lowest BCUT2D eigenvalue weighted by Gasteiger charge is -2.12. The lowest BCUT2D eigenvalue weighted by molar-refractivity contribution is -0.137. The number of carboxylic acid groups (broad SMARTS) is 1. The van der Waals surface area contributed by atoms with E-state index in [0.29, 0.717) is 17.7 Å². The second kappa shape index (κ2) is 5.89. The Labute approximate surface area is 99.6 Å². The molecule has 0 spiro atoms. The van der Waals surface area contributed by atoms with Gasteiger partial charge in [-0.05, 0) is 37.6 Å². The number of nitrogens with two attached hydrogens (primary N) is 1. The third-order valence-electron chi connectivity index (χ3n) is 2.34. The van der Waals surface area contributed by atoms with Gasteiger partial charge in [0.2, 0.25) is 0 Å². The number of carbonyl (C=O) groups excluding carboxylic acids is 1. The van der Waals surface area contributed by atoms with Gasteiger partial charge in [-0.2, -0.15) is 0 Å². The molecule has 1 amide bonds. The van der Waals surface area contributed by atoms with E-state index >= 15 is 0 Å². The second-order valence-corrected chi connectivity index (χ2v) is 3.93. The summed E-state index contributed by atoms with van der Waals surface area (Å²) in [6.07, 6.45) is 0.458. The topological polar surface area (TPSA) is 92.4 Å². The Kier molecular flexibility index (Phi) is 4.51. The summed E-state index contributed by atoms with van der Waals surface area (Å²) < 4.78 is 0. The van der Waals surface area contributed by atoms with Crippen molar-refractivity contribution in [2.75, 3.05) is 5.73 Å². The van der Waals surface area contributed by atoms with Gasteiger partial charge in [0, 0.05) is 23.7 Å². The maximum atomic E-state index is 11.7. The highest BCUT2D eigenvalue weighted by Crippen LogP contribution is 2.06. The number of nitrogens with one attached hydrogen (secondary N) is 1. The molecule has 0 aliphatic carbocycles. The molecule has 0 aromatic heterocycles. The minimum absolute atomic E-state index is 0.0448. The van der Waals surface area contributed by atoms with Gasteiger partial charge in [0.15, 0.2) is 0 Å². The van der Waals surface area contributed by atoms with Crippen molar-refractivity contribution in [3.63, 3.8) is 0 Å². The predicted molar refractivity (Wildman–Crippen MR) is 64.7 cm³/mol. The third-order valence-corrected chi connectivity index (χ3v) is 2.34. The zero-order chi connectivity index (χ0) is 12.8. The van der Waals surface area contributed by atoms with Gasteiger partial charge in [-0.25, -0.2) is 0 Å². The minimum Gasteiger partial charge on any atom is -0.481 e. The van der Waals surface area contributed by atoms with Crippen LogP contribution in [0.4, 0.5) is 5.69 Å². The van der Waals surface area contributed by atoms with Crippen molar-refractivity contribution >= 4 is 17.6 Å². The Morgan fingerprint density at radius 2 is 1.94 bits per heavy atom. The van der Waals surface area contributed by atoms with Gasteiger partial charge < -0.3 is 16.2 Å². The number of nitrogen functional groups attached to an aromatic ring is 1. The molecule has 0 radical (unpaired) electrons.